The second-order valence-electron chi connectivity index (χ2n) is 15.2. The van der Waals surface area contributed by atoms with Gasteiger partial charge in [0.05, 0.1) is 5.69 Å². The lowest BCUT2D eigenvalue weighted by molar-refractivity contribution is 0.443. The number of benzene rings is 6. The highest BCUT2D eigenvalue weighted by atomic mass is 32.3. The van der Waals surface area contributed by atoms with Gasteiger partial charge in [-0.15, -0.1) is 0 Å². The molecule has 0 unspecified atom stereocenters. The molecule has 1 nitrogen and oxygen atoms in total. The van der Waals surface area contributed by atoms with Gasteiger partial charge in [0, 0.05) is 32.1 Å². The molecule has 6 aromatic carbocycles. The minimum atomic E-state index is -0.995. The lowest BCUT2D eigenvalue weighted by Gasteiger charge is -2.30. The van der Waals surface area contributed by atoms with Gasteiger partial charge in [-0.25, -0.2) is 0 Å². The van der Waals surface area contributed by atoms with Crippen molar-refractivity contribution in [2.24, 2.45) is 0 Å². The first-order valence-electron chi connectivity index (χ1n) is 18.0. The molecule has 0 saturated heterocycles. The third-order valence-corrected chi connectivity index (χ3v) is 14.7. The molecule has 1 heterocycles. The van der Waals surface area contributed by atoms with Crippen molar-refractivity contribution in [2.45, 2.75) is 67.1 Å². The third kappa shape index (κ3) is 4.83. The normalized spacial score (nSPS) is 17.5. The Kier molecular flexibility index (Phi) is 7.18. The van der Waals surface area contributed by atoms with E-state index in [-0.39, 0.29) is 5.41 Å². The van der Waals surface area contributed by atoms with Crippen LogP contribution in [0, 0.1) is 0 Å². The highest BCUT2D eigenvalue weighted by Gasteiger charge is 2.38. The first-order chi connectivity index (χ1) is 23.8. The summed E-state index contributed by atoms with van der Waals surface area (Å²) in [7, 11) is -0.995. The molecule has 0 atom stereocenters. The maximum atomic E-state index is 2.50. The average molecular weight is 656 g/mol. The van der Waals surface area contributed by atoms with Crippen LogP contribution in [0.15, 0.2) is 143 Å². The number of anilines is 3. The summed E-state index contributed by atoms with van der Waals surface area (Å²) in [6, 6.07) is 50.9. The zero-order valence-corrected chi connectivity index (χ0v) is 30.0. The van der Waals surface area contributed by atoms with E-state index >= 15 is 0 Å². The number of nitrogens with zero attached hydrogens (tertiary/aromatic N) is 1. The van der Waals surface area contributed by atoms with Crippen molar-refractivity contribution in [3.63, 3.8) is 0 Å². The summed E-state index contributed by atoms with van der Waals surface area (Å²) < 4.78 is 0. The third-order valence-electron chi connectivity index (χ3n) is 11.8. The van der Waals surface area contributed by atoms with E-state index in [1.54, 1.807) is 0 Å². The van der Waals surface area contributed by atoms with Crippen molar-refractivity contribution in [3.8, 4) is 33.4 Å². The van der Waals surface area contributed by atoms with Crippen molar-refractivity contribution < 1.29 is 0 Å². The quantitative estimate of drug-likeness (QED) is 0.179. The minimum absolute atomic E-state index is 0.0508. The van der Waals surface area contributed by atoms with Crippen LogP contribution in [0.25, 0.3) is 33.4 Å². The summed E-state index contributed by atoms with van der Waals surface area (Å²) in [5.74, 6) is 0.690. The summed E-state index contributed by atoms with van der Waals surface area (Å²) in [4.78, 5) is 5.50. The Labute approximate surface area is 294 Å². The fourth-order valence-electron chi connectivity index (χ4n) is 9.10. The van der Waals surface area contributed by atoms with Gasteiger partial charge in [0.2, 0.25) is 0 Å². The Morgan fingerprint density at radius 1 is 0.551 bits per heavy atom. The highest BCUT2D eigenvalue weighted by Crippen LogP contribution is 2.67. The molecule has 3 aliphatic rings. The van der Waals surface area contributed by atoms with Gasteiger partial charge in [-0.1, -0.05) is 118 Å². The molecule has 1 saturated carbocycles. The van der Waals surface area contributed by atoms with Crippen LogP contribution in [0.5, 0.6) is 0 Å². The number of fused-ring (bicyclic) bond motifs is 6. The molecule has 2 aliphatic carbocycles. The Hall–Kier alpha value is -4.53. The SMILES string of the molecule is CC1(C)c2ccccc2-c2c(N(c3ccc(-c4ccc5c(c4)-c4ccccc4S5(C)C)cc3)c3ccc(C4CCCCC4)cc3)cccc21. The molecule has 0 amide bonds. The average Bonchev–Trinajstić information content (AvgIpc) is 3.52. The highest BCUT2D eigenvalue weighted by molar-refractivity contribution is 8.33. The summed E-state index contributed by atoms with van der Waals surface area (Å²) in [6.45, 7) is 4.74. The summed E-state index contributed by atoms with van der Waals surface area (Å²) >= 11 is 0. The predicted octanol–water partition coefficient (Wildman–Crippen LogP) is 13.6. The van der Waals surface area contributed by atoms with Gasteiger partial charge < -0.3 is 4.90 Å². The van der Waals surface area contributed by atoms with E-state index in [1.807, 2.05) is 0 Å². The van der Waals surface area contributed by atoms with E-state index in [0.717, 1.165) is 0 Å². The van der Waals surface area contributed by atoms with Gasteiger partial charge in [-0.2, -0.15) is 10.0 Å². The Balaban J connectivity index is 1.15. The van der Waals surface area contributed by atoms with Crippen molar-refractivity contribution in [2.75, 3.05) is 17.4 Å². The van der Waals surface area contributed by atoms with Gasteiger partial charge in [-0.3, -0.25) is 0 Å². The number of hydrogen-bond donors (Lipinski definition) is 0. The molecule has 2 heteroatoms. The molecular formula is C47H45NS. The second-order valence-corrected chi connectivity index (χ2v) is 18.7. The molecular weight excluding hydrogens is 611 g/mol. The van der Waals surface area contributed by atoms with Crippen LogP contribution in [-0.2, 0) is 5.41 Å². The van der Waals surface area contributed by atoms with Crippen LogP contribution in [0.4, 0.5) is 17.1 Å². The lowest BCUT2D eigenvalue weighted by Crippen LogP contribution is -2.16. The zero-order chi connectivity index (χ0) is 33.3. The van der Waals surface area contributed by atoms with E-state index in [1.165, 1.54) is 109 Å². The van der Waals surface area contributed by atoms with Crippen LogP contribution in [-0.4, -0.2) is 12.5 Å². The van der Waals surface area contributed by atoms with E-state index in [9.17, 15) is 0 Å². The topological polar surface area (TPSA) is 3.24 Å². The molecule has 0 bridgehead atoms. The monoisotopic (exact) mass is 655 g/mol. The molecule has 9 rings (SSSR count). The molecule has 0 radical (unpaired) electrons. The van der Waals surface area contributed by atoms with Gasteiger partial charge in [0.25, 0.3) is 0 Å². The Morgan fingerprint density at radius 3 is 1.92 bits per heavy atom. The molecule has 0 N–H and O–H groups in total. The standard InChI is InChI=1S/C47H45NS/c1-47(2)41-17-10-8-16-39(41)46-42(47)18-12-19-43(46)48(36-26-21-33(22-27-36)32-13-6-5-7-14-32)37-28-23-34(24-29-37)35-25-30-45-40(31-35)38-15-9-11-20-44(38)49(45,3)4/h8-12,15-32H,5-7,13-14H2,1-4H3. The van der Waals surface area contributed by atoms with Crippen LogP contribution in [0.1, 0.15) is 68.6 Å². The van der Waals surface area contributed by atoms with Crippen LogP contribution >= 0.6 is 10.0 Å². The van der Waals surface area contributed by atoms with Crippen LogP contribution in [0.2, 0.25) is 0 Å². The first kappa shape index (κ1) is 30.5. The second kappa shape index (κ2) is 11.5. The van der Waals surface area contributed by atoms with Gasteiger partial charge >= 0.3 is 0 Å². The summed E-state index contributed by atoms with van der Waals surface area (Å²) in [5, 5.41) is 0. The lowest BCUT2D eigenvalue weighted by atomic mass is 9.82. The zero-order valence-electron chi connectivity index (χ0n) is 29.2. The molecule has 49 heavy (non-hydrogen) atoms. The van der Waals surface area contributed by atoms with E-state index in [2.05, 4.69) is 165 Å². The van der Waals surface area contributed by atoms with Crippen molar-refractivity contribution in [1.29, 1.82) is 0 Å². The van der Waals surface area contributed by atoms with Gasteiger partial charge in [0.15, 0.2) is 0 Å². The largest absolute Gasteiger partial charge is 0.310 e. The van der Waals surface area contributed by atoms with Gasteiger partial charge in [-0.05, 0) is 124 Å². The number of rotatable bonds is 5. The minimum Gasteiger partial charge on any atom is -0.310 e. The summed E-state index contributed by atoms with van der Waals surface area (Å²) in [6.07, 6.45) is 11.6. The van der Waals surface area contributed by atoms with Crippen LogP contribution < -0.4 is 4.90 Å². The maximum Gasteiger partial charge on any atom is 0.0543 e. The molecule has 6 aromatic rings. The number of hydrogen-bond acceptors (Lipinski definition) is 1. The Bertz CT molecular complexity index is 2200. The first-order valence-corrected chi connectivity index (χ1v) is 20.5. The fourth-order valence-corrected chi connectivity index (χ4v) is 11.6. The smallest absolute Gasteiger partial charge is 0.0543 e. The van der Waals surface area contributed by atoms with E-state index < -0.39 is 10.0 Å². The summed E-state index contributed by atoms with van der Waals surface area (Å²) in [5.41, 5.74) is 15.9. The van der Waals surface area contributed by atoms with Gasteiger partial charge in [0.1, 0.15) is 0 Å². The predicted molar refractivity (Wildman–Crippen MR) is 211 cm³/mol. The molecule has 0 aromatic heterocycles. The van der Waals surface area contributed by atoms with Crippen LogP contribution in [0.3, 0.4) is 0 Å². The molecule has 0 spiro atoms. The molecule has 1 aliphatic heterocycles. The molecule has 1 fully saturated rings. The fraction of sp³-hybridized carbons (Fsp3) is 0.234. The van der Waals surface area contributed by atoms with E-state index in [4.69, 9.17) is 0 Å². The Morgan fingerprint density at radius 2 is 1.16 bits per heavy atom. The molecule has 244 valence electrons. The van der Waals surface area contributed by atoms with Crippen molar-refractivity contribution in [3.05, 3.63) is 150 Å². The van der Waals surface area contributed by atoms with Crippen molar-refractivity contribution >= 4 is 27.1 Å². The van der Waals surface area contributed by atoms with Crippen molar-refractivity contribution in [1.82, 2.24) is 0 Å². The maximum absolute atomic E-state index is 2.50. The van der Waals surface area contributed by atoms with E-state index in [0.29, 0.717) is 5.92 Å².